The Hall–Kier alpha value is -0.120. The molecule has 1 N–H and O–H groups in total. The smallest absolute Gasteiger partial charge is 0.0863 e. The number of methoxy groups -OCH3 is 1. The van der Waals surface area contributed by atoms with E-state index in [1.807, 2.05) is 0 Å². The molecule has 2 rings (SSSR count). The van der Waals surface area contributed by atoms with Crippen LogP contribution in [-0.4, -0.2) is 36.6 Å². The number of aliphatic hydroxyl groups excluding tert-OH is 1. The molecule has 3 nitrogen and oxygen atoms in total. The van der Waals surface area contributed by atoms with Crippen molar-refractivity contribution < 1.29 is 14.6 Å². The van der Waals surface area contributed by atoms with Crippen LogP contribution < -0.4 is 0 Å². The molecule has 0 spiro atoms. The van der Waals surface area contributed by atoms with E-state index in [0.29, 0.717) is 6.10 Å². The summed E-state index contributed by atoms with van der Waals surface area (Å²) in [6.45, 7) is 0. The molecular formula is C8H14O3. The second-order valence-electron chi connectivity index (χ2n) is 3.43. The van der Waals surface area contributed by atoms with Crippen LogP contribution in [0.2, 0.25) is 0 Å². The zero-order valence-corrected chi connectivity index (χ0v) is 6.69. The molecule has 2 aliphatic heterocycles. The van der Waals surface area contributed by atoms with E-state index in [4.69, 9.17) is 9.47 Å². The summed E-state index contributed by atoms with van der Waals surface area (Å²) >= 11 is 0. The lowest BCUT2D eigenvalue weighted by atomic mass is 10.1. The number of hydrogen-bond donors (Lipinski definition) is 1. The van der Waals surface area contributed by atoms with Gasteiger partial charge in [-0.1, -0.05) is 0 Å². The van der Waals surface area contributed by atoms with Crippen molar-refractivity contribution in [2.75, 3.05) is 7.11 Å². The topological polar surface area (TPSA) is 38.7 Å². The van der Waals surface area contributed by atoms with E-state index < -0.39 is 0 Å². The van der Waals surface area contributed by atoms with Gasteiger partial charge in [-0.3, -0.25) is 0 Å². The summed E-state index contributed by atoms with van der Waals surface area (Å²) in [5.74, 6) is 0. The normalized spacial score (nSPS) is 49.6. The predicted molar refractivity (Wildman–Crippen MR) is 39.3 cm³/mol. The minimum Gasteiger partial charge on any atom is -0.390 e. The van der Waals surface area contributed by atoms with E-state index in [1.54, 1.807) is 7.11 Å². The molecule has 0 aliphatic carbocycles. The maximum atomic E-state index is 9.43. The molecule has 2 aliphatic rings. The minimum atomic E-state index is -0.250. The monoisotopic (exact) mass is 158 g/mol. The zero-order chi connectivity index (χ0) is 7.84. The van der Waals surface area contributed by atoms with Crippen LogP contribution in [0, 0.1) is 0 Å². The predicted octanol–water partition coefficient (Wildman–Crippen LogP) is 0.314. The summed E-state index contributed by atoms with van der Waals surface area (Å²) in [7, 11) is 1.72. The lowest BCUT2D eigenvalue weighted by Crippen LogP contribution is -2.32. The Bertz CT molecular complexity index is 146. The molecule has 2 bridgehead atoms. The van der Waals surface area contributed by atoms with Crippen LogP contribution in [0.1, 0.15) is 19.3 Å². The Morgan fingerprint density at radius 1 is 1.36 bits per heavy atom. The van der Waals surface area contributed by atoms with Crippen LogP contribution in [0.3, 0.4) is 0 Å². The van der Waals surface area contributed by atoms with E-state index in [-0.39, 0.29) is 18.3 Å². The first-order chi connectivity index (χ1) is 5.29. The van der Waals surface area contributed by atoms with Gasteiger partial charge >= 0.3 is 0 Å². The van der Waals surface area contributed by atoms with Gasteiger partial charge in [0.1, 0.15) is 0 Å². The van der Waals surface area contributed by atoms with E-state index in [9.17, 15) is 5.11 Å². The SMILES string of the molecule is COC1CC2CC(O)C(C1)O2. The van der Waals surface area contributed by atoms with Crippen molar-refractivity contribution in [1.29, 1.82) is 0 Å². The second kappa shape index (κ2) is 2.73. The van der Waals surface area contributed by atoms with Crippen molar-refractivity contribution in [3.8, 4) is 0 Å². The van der Waals surface area contributed by atoms with E-state index >= 15 is 0 Å². The number of aliphatic hydroxyl groups is 1. The van der Waals surface area contributed by atoms with Crippen LogP contribution in [0.5, 0.6) is 0 Å². The molecule has 3 heteroatoms. The Kier molecular flexibility index (Phi) is 1.87. The molecular weight excluding hydrogens is 144 g/mol. The summed E-state index contributed by atoms with van der Waals surface area (Å²) in [6, 6.07) is 0. The highest BCUT2D eigenvalue weighted by Gasteiger charge is 2.41. The molecule has 11 heavy (non-hydrogen) atoms. The van der Waals surface area contributed by atoms with Crippen molar-refractivity contribution >= 4 is 0 Å². The highest BCUT2D eigenvalue weighted by molar-refractivity contribution is 4.90. The van der Waals surface area contributed by atoms with Gasteiger partial charge < -0.3 is 14.6 Å². The third-order valence-electron chi connectivity index (χ3n) is 2.66. The number of ether oxygens (including phenoxy) is 2. The Morgan fingerprint density at radius 3 is 2.82 bits per heavy atom. The third-order valence-corrected chi connectivity index (χ3v) is 2.66. The van der Waals surface area contributed by atoms with Gasteiger partial charge in [0.15, 0.2) is 0 Å². The molecule has 0 aromatic carbocycles. The van der Waals surface area contributed by atoms with Gasteiger partial charge in [-0.2, -0.15) is 0 Å². The van der Waals surface area contributed by atoms with E-state index in [2.05, 4.69) is 0 Å². The van der Waals surface area contributed by atoms with Gasteiger partial charge in [-0.15, -0.1) is 0 Å². The first-order valence-electron chi connectivity index (χ1n) is 4.16. The summed E-state index contributed by atoms with van der Waals surface area (Å²) < 4.78 is 10.7. The maximum absolute atomic E-state index is 9.43. The number of fused-ring (bicyclic) bond motifs is 2. The lowest BCUT2D eigenvalue weighted by molar-refractivity contribution is -0.0816. The van der Waals surface area contributed by atoms with E-state index in [1.165, 1.54) is 0 Å². The fraction of sp³-hybridized carbons (Fsp3) is 1.00. The molecule has 2 fully saturated rings. The molecule has 0 radical (unpaired) electrons. The molecule has 2 saturated heterocycles. The van der Waals surface area contributed by atoms with Crippen LogP contribution in [0.15, 0.2) is 0 Å². The molecule has 0 amide bonds. The summed E-state index contributed by atoms with van der Waals surface area (Å²) in [5.41, 5.74) is 0. The van der Waals surface area contributed by atoms with Gasteiger partial charge in [-0.05, 0) is 6.42 Å². The highest BCUT2D eigenvalue weighted by atomic mass is 16.5. The van der Waals surface area contributed by atoms with Crippen molar-refractivity contribution in [3.05, 3.63) is 0 Å². The van der Waals surface area contributed by atoms with Gasteiger partial charge in [0.2, 0.25) is 0 Å². The van der Waals surface area contributed by atoms with Crippen molar-refractivity contribution in [2.24, 2.45) is 0 Å². The molecule has 0 saturated carbocycles. The number of rotatable bonds is 1. The maximum Gasteiger partial charge on any atom is 0.0863 e. The van der Waals surface area contributed by atoms with Crippen LogP contribution in [0.25, 0.3) is 0 Å². The average molecular weight is 158 g/mol. The Labute approximate surface area is 66.3 Å². The molecule has 0 aromatic rings. The summed E-state index contributed by atoms with van der Waals surface area (Å²) in [4.78, 5) is 0. The quantitative estimate of drug-likeness (QED) is 0.597. The molecule has 2 heterocycles. The molecule has 4 atom stereocenters. The molecule has 64 valence electrons. The van der Waals surface area contributed by atoms with E-state index in [0.717, 1.165) is 19.3 Å². The van der Waals surface area contributed by atoms with Crippen molar-refractivity contribution in [3.63, 3.8) is 0 Å². The van der Waals surface area contributed by atoms with Gasteiger partial charge in [-0.25, -0.2) is 0 Å². The van der Waals surface area contributed by atoms with Crippen LogP contribution in [-0.2, 0) is 9.47 Å². The Balaban J connectivity index is 2.00. The number of hydrogen-bond acceptors (Lipinski definition) is 3. The van der Waals surface area contributed by atoms with Gasteiger partial charge in [0.25, 0.3) is 0 Å². The third kappa shape index (κ3) is 1.28. The Morgan fingerprint density at radius 2 is 2.18 bits per heavy atom. The first kappa shape index (κ1) is 7.53. The molecule has 4 unspecified atom stereocenters. The largest absolute Gasteiger partial charge is 0.390 e. The zero-order valence-electron chi connectivity index (χ0n) is 6.69. The highest BCUT2D eigenvalue weighted by Crippen LogP contribution is 2.33. The average Bonchev–Trinajstić information content (AvgIpc) is 2.26. The standard InChI is InChI=1S/C8H14O3/c1-10-5-2-6-3-7(9)8(4-5)11-6/h5-9H,2-4H2,1H3. The van der Waals surface area contributed by atoms with Crippen LogP contribution in [0.4, 0.5) is 0 Å². The fourth-order valence-electron chi connectivity index (χ4n) is 2.02. The van der Waals surface area contributed by atoms with Crippen molar-refractivity contribution in [1.82, 2.24) is 0 Å². The fourth-order valence-corrected chi connectivity index (χ4v) is 2.02. The molecule has 0 aromatic heterocycles. The van der Waals surface area contributed by atoms with Crippen LogP contribution >= 0.6 is 0 Å². The summed E-state index contributed by atoms with van der Waals surface area (Å²) in [6.07, 6.45) is 2.94. The summed E-state index contributed by atoms with van der Waals surface area (Å²) in [5, 5.41) is 9.43. The minimum absolute atomic E-state index is 0.0405. The first-order valence-corrected chi connectivity index (χ1v) is 4.16. The van der Waals surface area contributed by atoms with Gasteiger partial charge in [0.05, 0.1) is 24.4 Å². The lowest BCUT2D eigenvalue weighted by Gasteiger charge is -2.27. The van der Waals surface area contributed by atoms with Crippen molar-refractivity contribution in [2.45, 2.75) is 43.7 Å². The van der Waals surface area contributed by atoms with Gasteiger partial charge in [0, 0.05) is 20.0 Å². The second-order valence-corrected chi connectivity index (χ2v) is 3.43.